The number of carbonyl (C=O) groups is 1. The van der Waals surface area contributed by atoms with Crippen LogP contribution in [0.15, 0.2) is 30.5 Å². The molecule has 0 radical (unpaired) electrons. The van der Waals surface area contributed by atoms with Gasteiger partial charge in [0.15, 0.2) is 0 Å². The van der Waals surface area contributed by atoms with Crippen molar-refractivity contribution >= 4 is 12.2 Å². The molecule has 0 spiro atoms. The first-order valence-electron chi connectivity index (χ1n) is 8.64. The normalized spacial score (nSPS) is 22.7. The molecule has 2 rings (SSSR count). The standard InChI is InChI=1S/C20H28FNO4/c1-19(2,3)26-18(23)22-16(13-21)17(25-20(22,4)5)15-9-7-14(8-10-15)11-12-24-6/h7-12,16-17H,13H2,1-6H3/b12-11+. The first-order valence-corrected chi connectivity index (χ1v) is 8.64. The molecular weight excluding hydrogens is 337 g/mol. The Morgan fingerprint density at radius 3 is 2.42 bits per heavy atom. The molecule has 1 heterocycles. The van der Waals surface area contributed by atoms with Crippen molar-refractivity contribution in [1.29, 1.82) is 0 Å². The molecule has 0 aromatic heterocycles. The fraction of sp³-hybridized carbons (Fsp3) is 0.550. The SMILES string of the molecule is CO/C=C/c1ccc(C2OC(C)(C)N(C(=O)OC(C)(C)C)C2CF)cc1. The first-order chi connectivity index (χ1) is 12.1. The molecule has 6 heteroatoms. The van der Waals surface area contributed by atoms with Gasteiger partial charge in [0.1, 0.15) is 24.1 Å². The number of nitrogens with zero attached hydrogens (tertiary/aromatic N) is 1. The monoisotopic (exact) mass is 365 g/mol. The lowest BCUT2D eigenvalue weighted by Crippen LogP contribution is -2.50. The molecule has 1 aromatic rings. The van der Waals surface area contributed by atoms with Gasteiger partial charge in [-0.1, -0.05) is 24.3 Å². The molecule has 0 N–H and O–H groups in total. The molecule has 26 heavy (non-hydrogen) atoms. The van der Waals surface area contributed by atoms with E-state index >= 15 is 0 Å². The van der Waals surface area contributed by atoms with Crippen LogP contribution in [0.1, 0.15) is 51.8 Å². The lowest BCUT2D eigenvalue weighted by atomic mass is 10.0. The van der Waals surface area contributed by atoms with Crippen LogP contribution in [0.2, 0.25) is 0 Å². The highest BCUT2D eigenvalue weighted by atomic mass is 19.1. The Bertz CT molecular complexity index is 649. The Balaban J connectivity index is 2.27. The summed E-state index contributed by atoms with van der Waals surface area (Å²) in [6.45, 7) is 8.11. The molecule has 1 aromatic carbocycles. The van der Waals surface area contributed by atoms with Crippen molar-refractivity contribution in [2.45, 2.75) is 58.1 Å². The average molecular weight is 365 g/mol. The molecular formula is C20H28FNO4. The van der Waals surface area contributed by atoms with E-state index in [4.69, 9.17) is 14.2 Å². The van der Waals surface area contributed by atoms with E-state index in [-0.39, 0.29) is 0 Å². The minimum atomic E-state index is -0.974. The highest BCUT2D eigenvalue weighted by molar-refractivity contribution is 5.70. The number of hydrogen-bond acceptors (Lipinski definition) is 4. The lowest BCUT2D eigenvalue weighted by Gasteiger charge is -2.34. The van der Waals surface area contributed by atoms with E-state index in [0.717, 1.165) is 11.1 Å². The topological polar surface area (TPSA) is 48.0 Å². The van der Waals surface area contributed by atoms with Crippen molar-refractivity contribution in [3.63, 3.8) is 0 Å². The summed E-state index contributed by atoms with van der Waals surface area (Å²) in [7, 11) is 1.58. The van der Waals surface area contributed by atoms with Crippen LogP contribution in [0.25, 0.3) is 6.08 Å². The van der Waals surface area contributed by atoms with Crippen LogP contribution < -0.4 is 0 Å². The second-order valence-electron chi connectivity index (χ2n) is 7.76. The first kappa shape index (κ1) is 20.2. The van der Waals surface area contributed by atoms with E-state index in [1.54, 1.807) is 48.0 Å². The predicted molar refractivity (Wildman–Crippen MR) is 98.2 cm³/mol. The molecule has 1 saturated heterocycles. The zero-order chi connectivity index (χ0) is 19.5. The number of halogens is 1. The van der Waals surface area contributed by atoms with Crippen LogP contribution in [-0.4, -0.2) is 42.1 Å². The van der Waals surface area contributed by atoms with E-state index < -0.39 is 36.2 Å². The predicted octanol–water partition coefficient (Wildman–Crippen LogP) is 4.69. The summed E-state index contributed by atoms with van der Waals surface area (Å²) in [6.07, 6.45) is 2.26. The van der Waals surface area contributed by atoms with Gasteiger partial charge in [0.25, 0.3) is 0 Å². The Labute approximate surface area is 154 Å². The van der Waals surface area contributed by atoms with E-state index in [0.29, 0.717) is 0 Å². The quantitative estimate of drug-likeness (QED) is 0.727. The van der Waals surface area contributed by atoms with E-state index in [9.17, 15) is 9.18 Å². The minimum absolute atomic E-state index is 0.567. The second kappa shape index (κ2) is 7.66. The molecule has 0 saturated carbocycles. The van der Waals surface area contributed by atoms with Gasteiger partial charge in [-0.3, -0.25) is 4.90 Å². The van der Waals surface area contributed by atoms with Crippen LogP contribution in [0.5, 0.6) is 0 Å². The van der Waals surface area contributed by atoms with Crippen molar-refractivity contribution in [1.82, 2.24) is 4.90 Å². The molecule has 0 bridgehead atoms. The van der Waals surface area contributed by atoms with Crippen LogP contribution in [-0.2, 0) is 14.2 Å². The zero-order valence-electron chi connectivity index (χ0n) is 16.3. The van der Waals surface area contributed by atoms with Gasteiger partial charge in [-0.05, 0) is 51.8 Å². The minimum Gasteiger partial charge on any atom is -0.504 e. The summed E-state index contributed by atoms with van der Waals surface area (Å²) in [5.41, 5.74) is 0.120. The van der Waals surface area contributed by atoms with Gasteiger partial charge in [0.2, 0.25) is 0 Å². The Morgan fingerprint density at radius 1 is 1.31 bits per heavy atom. The Kier molecular flexibility index (Phi) is 5.96. The molecule has 5 nitrogen and oxygen atoms in total. The Morgan fingerprint density at radius 2 is 1.92 bits per heavy atom. The van der Waals surface area contributed by atoms with Crippen LogP contribution in [0, 0.1) is 0 Å². The fourth-order valence-electron chi connectivity index (χ4n) is 3.03. The third-order valence-corrected chi connectivity index (χ3v) is 4.09. The number of methoxy groups -OCH3 is 1. The highest BCUT2D eigenvalue weighted by Crippen LogP contribution is 2.42. The third kappa shape index (κ3) is 4.55. The number of carbonyl (C=O) groups excluding carboxylic acids is 1. The van der Waals surface area contributed by atoms with Gasteiger partial charge >= 0.3 is 6.09 Å². The largest absolute Gasteiger partial charge is 0.504 e. The van der Waals surface area contributed by atoms with Crippen molar-refractivity contribution < 1.29 is 23.4 Å². The number of benzene rings is 1. The van der Waals surface area contributed by atoms with E-state index in [1.807, 2.05) is 30.3 Å². The molecule has 0 aliphatic carbocycles. The molecule has 1 fully saturated rings. The van der Waals surface area contributed by atoms with Crippen LogP contribution >= 0.6 is 0 Å². The third-order valence-electron chi connectivity index (χ3n) is 4.09. The maximum atomic E-state index is 13.9. The van der Waals surface area contributed by atoms with Gasteiger partial charge < -0.3 is 14.2 Å². The van der Waals surface area contributed by atoms with Crippen molar-refractivity contribution in [3.8, 4) is 0 Å². The lowest BCUT2D eigenvalue weighted by molar-refractivity contribution is -0.0797. The summed E-state index contributed by atoms with van der Waals surface area (Å²) < 4.78 is 30.3. The van der Waals surface area contributed by atoms with Gasteiger partial charge in [-0.15, -0.1) is 0 Å². The summed E-state index contributed by atoms with van der Waals surface area (Å²) in [5.74, 6) is 0. The van der Waals surface area contributed by atoms with Gasteiger partial charge in [0, 0.05) is 0 Å². The Hall–Kier alpha value is -2.08. The molecule has 2 atom stereocenters. The van der Waals surface area contributed by atoms with Gasteiger partial charge in [0.05, 0.1) is 19.4 Å². The van der Waals surface area contributed by atoms with Crippen LogP contribution in [0.4, 0.5) is 9.18 Å². The number of alkyl halides is 1. The fourth-order valence-corrected chi connectivity index (χ4v) is 3.03. The van der Waals surface area contributed by atoms with E-state index in [2.05, 4.69) is 0 Å². The molecule has 2 unspecified atom stereocenters. The second-order valence-corrected chi connectivity index (χ2v) is 7.76. The summed E-state index contributed by atoms with van der Waals surface area (Å²) >= 11 is 0. The molecule has 1 aliphatic heterocycles. The molecule has 1 amide bonds. The highest BCUT2D eigenvalue weighted by Gasteiger charge is 2.51. The van der Waals surface area contributed by atoms with Gasteiger partial charge in [-0.25, -0.2) is 9.18 Å². The summed E-state index contributed by atoms with van der Waals surface area (Å²) in [5, 5.41) is 0. The summed E-state index contributed by atoms with van der Waals surface area (Å²) in [6, 6.07) is 6.79. The zero-order valence-corrected chi connectivity index (χ0v) is 16.3. The number of rotatable bonds is 4. The summed E-state index contributed by atoms with van der Waals surface area (Å²) in [4.78, 5) is 14.0. The molecule has 144 valence electrons. The number of hydrogen-bond donors (Lipinski definition) is 0. The van der Waals surface area contributed by atoms with E-state index in [1.165, 1.54) is 4.90 Å². The molecule has 1 aliphatic rings. The smallest absolute Gasteiger partial charge is 0.413 e. The maximum absolute atomic E-state index is 13.9. The maximum Gasteiger partial charge on any atom is 0.413 e. The number of amides is 1. The van der Waals surface area contributed by atoms with Crippen molar-refractivity contribution in [3.05, 3.63) is 41.7 Å². The van der Waals surface area contributed by atoms with Gasteiger partial charge in [-0.2, -0.15) is 0 Å². The number of ether oxygens (including phenoxy) is 3. The van der Waals surface area contributed by atoms with Crippen molar-refractivity contribution in [2.75, 3.05) is 13.8 Å². The average Bonchev–Trinajstić information content (AvgIpc) is 2.82. The van der Waals surface area contributed by atoms with Crippen LogP contribution in [0.3, 0.4) is 0 Å². The van der Waals surface area contributed by atoms with Crippen molar-refractivity contribution in [2.24, 2.45) is 0 Å².